The fourth-order valence-corrected chi connectivity index (χ4v) is 4.54. The van der Waals surface area contributed by atoms with Gasteiger partial charge in [-0.3, -0.25) is 4.79 Å². The van der Waals surface area contributed by atoms with Crippen LogP contribution in [-0.4, -0.2) is 39.8 Å². The number of hydrogen-bond donors (Lipinski definition) is 1. The first-order chi connectivity index (χ1) is 9.40. The molecule has 1 unspecified atom stereocenters. The Labute approximate surface area is 128 Å². The van der Waals surface area contributed by atoms with E-state index >= 15 is 0 Å². The summed E-state index contributed by atoms with van der Waals surface area (Å²) >= 11 is 7.44. The van der Waals surface area contributed by atoms with Crippen LogP contribution in [0.3, 0.4) is 0 Å². The summed E-state index contributed by atoms with van der Waals surface area (Å²) in [5.41, 5.74) is 6.46. The number of thiocarbonyl (C=S) groups is 1. The molecule has 2 aliphatic rings. The van der Waals surface area contributed by atoms with Crippen LogP contribution in [0, 0.1) is 0 Å². The van der Waals surface area contributed by atoms with Crippen molar-refractivity contribution >= 4 is 40.7 Å². The average Bonchev–Trinajstić information content (AvgIpc) is 2.67. The van der Waals surface area contributed by atoms with Crippen LogP contribution in [-0.2, 0) is 4.79 Å². The maximum atomic E-state index is 11.2. The summed E-state index contributed by atoms with van der Waals surface area (Å²) in [7, 11) is 0. The predicted octanol–water partition coefficient (Wildman–Crippen LogP) is 1.83. The van der Waals surface area contributed by atoms with Crippen molar-refractivity contribution in [3.63, 3.8) is 0 Å². The fraction of sp³-hybridized carbons (Fsp3) is 0.429. The minimum absolute atomic E-state index is 0.0325. The van der Waals surface area contributed by atoms with Crippen LogP contribution >= 0.6 is 24.0 Å². The highest BCUT2D eigenvalue weighted by molar-refractivity contribution is 8.01. The number of primary amides is 1. The van der Waals surface area contributed by atoms with Gasteiger partial charge in [0.25, 0.3) is 0 Å². The largest absolute Gasteiger partial charge is 0.368 e. The topological polar surface area (TPSA) is 49.6 Å². The van der Waals surface area contributed by atoms with Gasteiger partial charge in [-0.1, -0.05) is 12.1 Å². The van der Waals surface area contributed by atoms with E-state index in [0.717, 1.165) is 12.2 Å². The van der Waals surface area contributed by atoms with Crippen LogP contribution < -0.4 is 10.6 Å². The van der Waals surface area contributed by atoms with E-state index in [9.17, 15) is 4.79 Å². The summed E-state index contributed by atoms with van der Waals surface area (Å²) in [5.74, 6) is -0.342. The van der Waals surface area contributed by atoms with Crippen LogP contribution in [0.5, 0.6) is 0 Å². The molecule has 106 valence electrons. The number of nitrogens with two attached hydrogens (primary N) is 1. The Morgan fingerprint density at radius 1 is 1.50 bits per heavy atom. The molecule has 3 rings (SSSR count). The third kappa shape index (κ3) is 2.07. The molecule has 1 fully saturated rings. The summed E-state index contributed by atoms with van der Waals surface area (Å²) in [4.78, 5) is 16.5. The van der Waals surface area contributed by atoms with Gasteiger partial charge in [-0.25, -0.2) is 0 Å². The van der Waals surface area contributed by atoms with Crippen LogP contribution in [0.25, 0.3) is 0 Å². The van der Waals surface area contributed by atoms with Crippen molar-refractivity contribution in [2.24, 2.45) is 5.73 Å². The van der Waals surface area contributed by atoms with E-state index in [-0.39, 0.29) is 23.2 Å². The normalized spacial score (nSPS) is 23.5. The molecule has 1 atom stereocenters. The molecule has 0 saturated carbocycles. The summed E-state index contributed by atoms with van der Waals surface area (Å²) in [5, 5.41) is 0.703. The molecule has 1 saturated heterocycles. The quantitative estimate of drug-likeness (QED) is 0.845. The Morgan fingerprint density at radius 3 is 2.90 bits per heavy atom. The smallest absolute Gasteiger partial charge is 0.237 e. The molecule has 1 amide bonds. The third-order valence-corrected chi connectivity index (χ3v) is 5.65. The summed E-state index contributed by atoms with van der Waals surface area (Å²) in [6.45, 7) is 5.38. The number of rotatable bonds is 2. The standard InChI is InChI=1S/C14H17N3OS2/c1-14(2)11-7-16(8-12(15)18)13(19)17(11)9-5-3-4-6-10(9)20-14/h3-6,11H,7-8H2,1-2H3,(H2,15,18). The molecule has 20 heavy (non-hydrogen) atoms. The van der Waals surface area contributed by atoms with E-state index < -0.39 is 0 Å². The van der Waals surface area contributed by atoms with Crippen LogP contribution in [0.4, 0.5) is 5.69 Å². The first kappa shape index (κ1) is 13.7. The number of fused-ring (bicyclic) bond motifs is 3. The Hall–Kier alpha value is -1.27. The predicted molar refractivity (Wildman–Crippen MR) is 86.0 cm³/mol. The Morgan fingerprint density at radius 2 is 2.20 bits per heavy atom. The van der Waals surface area contributed by atoms with Gasteiger partial charge in [0.2, 0.25) is 5.91 Å². The molecule has 2 N–H and O–H groups in total. The van der Waals surface area contributed by atoms with E-state index in [1.165, 1.54) is 4.90 Å². The number of hydrogen-bond acceptors (Lipinski definition) is 3. The second-order valence-electron chi connectivity index (χ2n) is 5.69. The summed E-state index contributed by atoms with van der Waals surface area (Å²) in [6, 6.07) is 8.53. The lowest BCUT2D eigenvalue weighted by molar-refractivity contribution is -0.118. The first-order valence-corrected chi connectivity index (χ1v) is 7.77. The molecule has 6 heteroatoms. The summed E-state index contributed by atoms with van der Waals surface area (Å²) in [6.07, 6.45) is 0. The number of anilines is 1. The van der Waals surface area contributed by atoms with Crippen molar-refractivity contribution in [3.8, 4) is 0 Å². The number of carbonyl (C=O) groups excluding carboxylic acids is 1. The molecule has 2 heterocycles. The molecule has 0 bridgehead atoms. The molecular formula is C14H17N3OS2. The lowest BCUT2D eigenvalue weighted by atomic mass is 10.0. The minimum Gasteiger partial charge on any atom is -0.368 e. The molecule has 4 nitrogen and oxygen atoms in total. The van der Waals surface area contributed by atoms with Crippen molar-refractivity contribution in [1.29, 1.82) is 0 Å². The second-order valence-corrected chi connectivity index (χ2v) is 7.75. The van der Waals surface area contributed by atoms with E-state index in [4.69, 9.17) is 18.0 Å². The highest BCUT2D eigenvalue weighted by atomic mass is 32.2. The molecule has 0 aromatic heterocycles. The molecule has 1 aromatic rings. The molecule has 0 aliphatic carbocycles. The highest BCUT2D eigenvalue weighted by Crippen LogP contribution is 2.49. The van der Waals surface area contributed by atoms with E-state index in [2.05, 4.69) is 30.9 Å². The maximum absolute atomic E-state index is 11.2. The summed E-state index contributed by atoms with van der Waals surface area (Å²) < 4.78 is 0.0325. The molecule has 1 aromatic carbocycles. The van der Waals surface area contributed by atoms with Gasteiger partial charge in [0.1, 0.15) is 0 Å². The number of thioether (sulfide) groups is 1. The van der Waals surface area contributed by atoms with Gasteiger partial charge in [-0.05, 0) is 38.2 Å². The minimum atomic E-state index is -0.342. The van der Waals surface area contributed by atoms with Crippen LogP contribution in [0.15, 0.2) is 29.2 Å². The molecule has 0 radical (unpaired) electrons. The van der Waals surface area contributed by atoms with E-state index in [0.29, 0.717) is 5.11 Å². The lowest BCUT2D eigenvalue weighted by Crippen LogP contribution is -2.49. The number of nitrogens with zero attached hydrogens (tertiary/aromatic N) is 2. The highest BCUT2D eigenvalue weighted by Gasteiger charge is 2.48. The van der Waals surface area contributed by atoms with Crippen LogP contribution in [0.2, 0.25) is 0 Å². The molecular weight excluding hydrogens is 290 g/mol. The zero-order valence-corrected chi connectivity index (χ0v) is 13.1. The van der Waals surface area contributed by atoms with Gasteiger partial charge in [0, 0.05) is 16.2 Å². The zero-order valence-electron chi connectivity index (χ0n) is 11.5. The van der Waals surface area contributed by atoms with Crippen molar-refractivity contribution in [2.75, 3.05) is 18.0 Å². The Bertz CT molecular complexity index is 588. The van der Waals surface area contributed by atoms with Gasteiger partial charge in [-0.15, -0.1) is 11.8 Å². The number of amides is 1. The van der Waals surface area contributed by atoms with Crippen molar-refractivity contribution in [2.45, 2.75) is 29.5 Å². The number of benzene rings is 1. The Balaban J connectivity index is 2.03. The van der Waals surface area contributed by atoms with E-state index in [1.54, 1.807) is 0 Å². The number of para-hydroxylation sites is 1. The second kappa shape index (κ2) is 4.63. The van der Waals surface area contributed by atoms with Gasteiger partial charge in [-0.2, -0.15) is 0 Å². The zero-order chi connectivity index (χ0) is 14.5. The average molecular weight is 307 g/mol. The fourth-order valence-electron chi connectivity index (χ4n) is 2.87. The van der Waals surface area contributed by atoms with Gasteiger partial charge >= 0.3 is 0 Å². The van der Waals surface area contributed by atoms with Crippen molar-refractivity contribution in [1.82, 2.24) is 4.90 Å². The number of carbonyl (C=O) groups is 1. The first-order valence-electron chi connectivity index (χ1n) is 6.54. The van der Waals surface area contributed by atoms with Crippen molar-refractivity contribution < 1.29 is 4.79 Å². The Kier molecular flexibility index (Phi) is 3.17. The van der Waals surface area contributed by atoms with Crippen molar-refractivity contribution in [3.05, 3.63) is 24.3 Å². The monoisotopic (exact) mass is 307 g/mol. The van der Waals surface area contributed by atoms with E-state index in [1.807, 2.05) is 28.8 Å². The molecule has 0 spiro atoms. The van der Waals surface area contributed by atoms with Gasteiger partial charge in [0.15, 0.2) is 5.11 Å². The molecule has 2 aliphatic heterocycles. The van der Waals surface area contributed by atoms with Crippen LogP contribution in [0.1, 0.15) is 13.8 Å². The van der Waals surface area contributed by atoms with Gasteiger partial charge < -0.3 is 15.5 Å². The third-order valence-electron chi connectivity index (χ3n) is 3.83. The lowest BCUT2D eigenvalue weighted by Gasteiger charge is -2.42. The van der Waals surface area contributed by atoms with Gasteiger partial charge in [0.05, 0.1) is 18.3 Å². The maximum Gasteiger partial charge on any atom is 0.237 e. The SMILES string of the molecule is CC1(C)Sc2ccccc2N2C(=S)N(CC(N)=O)CC21.